The molecule has 0 saturated carbocycles. The number of hydrogen-bond acceptors (Lipinski definition) is 4. The molecule has 1 unspecified atom stereocenters. The molecule has 5 nitrogen and oxygen atoms in total. The molecule has 1 aromatic carbocycles. The number of carbonyl (C=O) groups is 1. The Labute approximate surface area is 133 Å². The first-order valence-electron chi connectivity index (χ1n) is 7.64. The molecule has 1 N–H and O–H groups in total. The highest BCUT2D eigenvalue weighted by Gasteiger charge is 2.15. The number of ether oxygens (including phenoxy) is 3. The van der Waals surface area contributed by atoms with Crippen molar-refractivity contribution in [2.75, 3.05) is 19.8 Å². The average molecular weight is 329 g/mol. The van der Waals surface area contributed by atoms with E-state index in [2.05, 4.69) is 10.1 Å². The summed E-state index contributed by atoms with van der Waals surface area (Å²) in [4.78, 5) is 11.7. The van der Waals surface area contributed by atoms with Crippen LogP contribution in [0.1, 0.15) is 24.8 Å². The van der Waals surface area contributed by atoms with Crippen molar-refractivity contribution < 1.29 is 27.8 Å². The van der Waals surface area contributed by atoms with Gasteiger partial charge in [-0.1, -0.05) is 18.2 Å². The predicted molar refractivity (Wildman–Crippen MR) is 79.3 cm³/mol. The number of benzene rings is 1. The summed E-state index contributed by atoms with van der Waals surface area (Å²) in [5, 5.41) is 2.67. The Morgan fingerprint density at radius 2 is 2.22 bits per heavy atom. The third kappa shape index (κ3) is 6.50. The molecular weight excluding hydrogens is 308 g/mol. The van der Waals surface area contributed by atoms with E-state index in [1.54, 1.807) is 18.2 Å². The molecule has 1 atom stereocenters. The van der Waals surface area contributed by atoms with Crippen molar-refractivity contribution in [3.05, 3.63) is 29.8 Å². The molecule has 0 aliphatic carbocycles. The fraction of sp³-hybridized carbons (Fsp3) is 0.562. The maximum atomic E-state index is 12.3. The molecule has 128 valence electrons. The summed E-state index contributed by atoms with van der Waals surface area (Å²) in [6.45, 7) is -1.18. The zero-order chi connectivity index (χ0) is 16.5. The lowest BCUT2D eigenvalue weighted by Gasteiger charge is -2.12. The van der Waals surface area contributed by atoms with Gasteiger partial charge in [-0.05, 0) is 18.9 Å². The maximum absolute atomic E-state index is 12.3. The monoisotopic (exact) mass is 329 g/mol. The smallest absolute Gasteiger partial charge is 0.387 e. The van der Waals surface area contributed by atoms with Crippen LogP contribution in [0, 0.1) is 0 Å². The normalized spacial score (nSPS) is 17.4. The molecule has 1 aliphatic rings. The Morgan fingerprint density at radius 3 is 2.96 bits per heavy atom. The number of hydrogen-bond donors (Lipinski definition) is 1. The number of carbonyl (C=O) groups excluding carboxylic acids is 1. The number of alkyl halides is 2. The zero-order valence-corrected chi connectivity index (χ0v) is 12.8. The minimum Gasteiger partial charge on any atom is -0.434 e. The zero-order valence-electron chi connectivity index (χ0n) is 12.8. The summed E-state index contributed by atoms with van der Waals surface area (Å²) >= 11 is 0. The minimum atomic E-state index is -2.89. The molecule has 1 fully saturated rings. The molecule has 0 radical (unpaired) electrons. The summed E-state index contributed by atoms with van der Waals surface area (Å²) in [5.74, 6) is -0.137. The van der Waals surface area contributed by atoms with Crippen LogP contribution >= 0.6 is 0 Å². The molecule has 0 aromatic heterocycles. The highest BCUT2D eigenvalue weighted by Crippen LogP contribution is 2.20. The van der Waals surface area contributed by atoms with Crippen molar-refractivity contribution >= 4 is 5.91 Å². The van der Waals surface area contributed by atoms with Crippen molar-refractivity contribution in [2.24, 2.45) is 0 Å². The molecule has 1 heterocycles. The van der Waals surface area contributed by atoms with Crippen molar-refractivity contribution in [2.45, 2.75) is 38.5 Å². The quantitative estimate of drug-likeness (QED) is 0.707. The van der Waals surface area contributed by atoms with E-state index >= 15 is 0 Å². The topological polar surface area (TPSA) is 56.8 Å². The molecule has 1 saturated heterocycles. The average Bonchev–Trinajstić information content (AvgIpc) is 3.03. The fourth-order valence-electron chi connectivity index (χ4n) is 2.30. The third-order valence-electron chi connectivity index (χ3n) is 3.47. The Hall–Kier alpha value is -1.73. The Bertz CT molecular complexity index is 493. The van der Waals surface area contributed by atoms with Crippen LogP contribution in [0.4, 0.5) is 8.78 Å². The van der Waals surface area contributed by atoms with Gasteiger partial charge in [-0.15, -0.1) is 0 Å². The molecule has 2 rings (SSSR count). The number of para-hydroxylation sites is 1. The van der Waals surface area contributed by atoms with Crippen LogP contribution < -0.4 is 10.1 Å². The van der Waals surface area contributed by atoms with Gasteiger partial charge in [0.05, 0.1) is 19.3 Å². The van der Waals surface area contributed by atoms with Crippen molar-refractivity contribution in [1.29, 1.82) is 0 Å². The van der Waals surface area contributed by atoms with Gasteiger partial charge in [-0.25, -0.2) is 0 Å². The fourth-order valence-corrected chi connectivity index (χ4v) is 2.30. The van der Waals surface area contributed by atoms with Crippen LogP contribution in [0.3, 0.4) is 0 Å². The van der Waals surface area contributed by atoms with Crippen LogP contribution in [-0.4, -0.2) is 38.4 Å². The van der Waals surface area contributed by atoms with Crippen LogP contribution in [0.25, 0.3) is 0 Å². The van der Waals surface area contributed by atoms with E-state index in [1.165, 1.54) is 6.07 Å². The van der Waals surface area contributed by atoms with E-state index in [1.807, 2.05) is 0 Å². The SMILES string of the molecule is O=C(CCOCC1CCCO1)NCc1ccccc1OC(F)F. The second-order valence-corrected chi connectivity index (χ2v) is 5.22. The maximum Gasteiger partial charge on any atom is 0.387 e. The van der Waals surface area contributed by atoms with Gasteiger partial charge in [0.15, 0.2) is 0 Å². The summed E-state index contributed by atoms with van der Waals surface area (Å²) in [7, 11) is 0. The highest BCUT2D eigenvalue weighted by atomic mass is 19.3. The van der Waals surface area contributed by atoms with Gasteiger partial charge < -0.3 is 19.5 Å². The lowest BCUT2D eigenvalue weighted by molar-refractivity contribution is -0.122. The highest BCUT2D eigenvalue weighted by molar-refractivity contribution is 5.76. The minimum absolute atomic E-state index is 0.0671. The summed E-state index contributed by atoms with van der Waals surface area (Å²) in [6.07, 6.45) is 2.39. The van der Waals surface area contributed by atoms with Crippen LogP contribution in [0.2, 0.25) is 0 Å². The van der Waals surface area contributed by atoms with E-state index in [9.17, 15) is 13.6 Å². The molecule has 7 heteroatoms. The van der Waals surface area contributed by atoms with E-state index in [0.717, 1.165) is 19.4 Å². The molecule has 1 aromatic rings. The van der Waals surface area contributed by atoms with Crippen molar-refractivity contribution in [3.8, 4) is 5.75 Å². The third-order valence-corrected chi connectivity index (χ3v) is 3.47. The number of nitrogens with one attached hydrogen (secondary N) is 1. The predicted octanol–water partition coefficient (Wildman–Crippen LogP) is 2.49. The van der Waals surface area contributed by atoms with Gasteiger partial charge in [-0.3, -0.25) is 4.79 Å². The van der Waals surface area contributed by atoms with Gasteiger partial charge in [0.25, 0.3) is 0 Å². The molecular formula is C16H21F2NO4. The Morgan fingerprint density at radius 1 is 1.39 bits per heavy atom. The number of rotatable bonds is 9. The van der Waals surface area contributed by atoms with Crippen LogP contribution in [0.5, 0.6) is 5.75 Å². The summed E-state index contributed by atoms with van der Waals surface area (Å²) in [6, 6.07) is 6.37. The Kier molecular flexibility index (Phi) is 7.22. The summed E-state index contributed by atoms with van der Waals surface area (Å²) < 4.78 is 39.8. The lowest BCUT2D eigenvalue weighted by atomic mass is 10.2. The van der Waals surface area contributed by atoms with Gasteiger partial charge in [0, 0.05) is 25.1 Å². The van der Waals surface area contributed by atoms with Gasteiger partial charge >= 0.3 is 6.61 Å². The second kappa shape index (κ2) is 9.42. The van der Waals surface area contributed by atoms with E-state index in [4.69, 9.17) is 9.47 Å². The standard InChI is InChI=1S/C16H21F2NO4/c17-16(18)23-14-6-2-1-4-12(14)10-19-15(20)7-9-21-11-13-5-3-8-22-13/h1-2,4,6,13,16H,3,5,7-11H2,(H,19,20). The molecule has 0 spiro atoms. The Balaban J connectivity index is 1.65. The number of amides is 1. The first kappa shape index (κ1) is 17.6. The second-order valence-electron chi connectivity index (χ2n) is 5.22. The lowest BCUT2D eigenvalue weighted by Crippen LogP contribution is -2.25. The van der Waals surface area contributed by atoms with Crippen molar-refractivity contribution in [3.63, 3.8) is 0 Å². The van der Waals surface area contributed by atoms with Crippen LogP contribution in [0.15, 0.2) is 24.3 Å². The number of halogens is 2. The van der Waals surface area contributed by atoms with Gasteiger partial charge in [0.2, 0.25) is 5.91 Å². The molecule has 1 amide bonds. The van der Waals surface area contributed by atoms with E-state index in [-0.39, 0.29) is 30.7 Å². The van der Waals surface area contributed by atoms with Crippen molar-refractivity contribution in [1.82, 2.24) is 5.32 Å². The van der Waals surface area contributed by atoms with E-state index in [0.29, 0.717) is 18.8 Å². The first-order valence-corrected chi connectivity index (χ1v) is 7.64. The first-order chi connectivity index (χ1) is 11.1. The molecule has 0 bridgehead atoms. The van der Waals surface area contributed by atoms with Gasteiger partial charge in [0.1, 0.15) is 5.75 Å². The molecule has 1 aliphatic heterocycles. The summed E-state index contributed by atoms with van der Waals surface area (Å²) in [5.41, 5.74) is 0.501. The van der Waals surface area contributed by atoms with Gasteiger partial charge in [-0.2, -0.15) is 8.78 Å². The largest absolute Gasteiger partial charge is 0.434 e. The van der Waals surface area contributed by atoms with E-state index < -0.39 is 6.61 Å². The molecule has 23 heavy (non-hydrogen) atoms. The van der Waals surface area contributed by atoms with Crippen LogP contribution in [-0.2, 0) is 20.8 Å².